The number of rotatable bonds is 14. The lowest BCUT2D eigenvalue weighted by Crippen LogP contribution is -2.34. The molecule has 7 heteroatoms. The summed E-state index contributed by atoms with van der Waals surface area (Å²) in [5.74, 6) is 4.39. The number of carbonyl (C=O) groups excluding carboxylic acids is 1. The van der Waals surface area contributed by atoms with Crippen LogP contribution in [0.4, 0.5) is 0 Å². The first-order valence-electron chi connectivity index (χ1n) is 17.7. The van der Waals surface area contributed by atoms with E-state index < -0.39 is 0 Å². The molecule has 3 heterocycles. The number of ether oxygens (including phenoxy) is 4. The molecule has 0 N–H and O–H groups in total. The van der Waals surface area contributed by atoms with Crippen molar-refractivity contribution in [1.82, 2.24) is 9.80 Å². The van der Waals surface area contributed by atoms with Crippen molar-refractivity contribution in [1.29, 1.82) is 0 Å². The van der Waals surface area contributed by atoms with Crippen molar-refractivity contribution in [2.75, 3.05) is 59.6 Å². The summed E-state index contributed by atoms with van der Waals surface area (Å²) < 4.78 is 24.9. The van der Waals surface area contributed by atoms with Crippen LogP contribution in [0.25, 0.3) is 0 Å². The summed E-state index contributed by atoms with van der Waals surface area (Å²) >= 11 is 0. The SMILES string of the molecule is COc1cc(OCCCN2CCC(C)CC2)c(CC=C(C)C)c2c1C(=O)CC(c1ccc(OCCCN3CCC(C)CC3)cc1)O2. The lowest BCUT2D eigenvalue weighted by atomic mass is 9.92. The molecule has 2 aromatic carbocycles. The Balaban J connectivity index is 1.24. The number of methoxy groups -OCH3 is 1. The van der Waals surface area contributed by atoms with Gasteiger partial charge in [0.05, 0.1) is 26.7 Å². The Morgan fingerprint density at radius 2 is 1.46 bits per heavy atom. The fourth-order valence-corrected chi connectivity index (χ4v) is 6.78. The average molecular weight is 633 g/mol. The molecule has 2 aromatic rings. The second-order valence-electron chi connectivity index (χ2n) is 14.0. The van der Waals surface area contributed by atoms with Crippen LogP contribution in [0.3, 0.4) is 0 Å². The van der Waals surface area contributed by atoms with Crippen molar-refractivity contribution >= 4 is 5.78 Å². The molecule has 3 aliphatic rings. The van der Waals surface area contributed by atoms with Gasteiger partial charge in [-0.1, -0.05) is 37.6 Å². The molecular weight excluding hydrogens is 576 g/mol. The normalized spacial score (nSPS) is 19.8. The third-order valence-electron chi connectivity index (χ3n) is 9.92. The zero-order chi connectivity index (χ0) is 32.5. The summed E-state index contributed by atoms with van der Waals surface area (Å²) in [7, 11) is 1.61. The van der Waals surface area contributed by atoms with Gasteiger partial charge >= 0.3 is 0 Å². The first-order chi connectivity index (χ1) is 22.3. The van der Waals surface area contributed by atoms with Gasteiger partial charge in [-0.3, -0.25) is 4.79 Å². The van der Waals surface area contributed by atoms with Crippen molar-refractivity contribution in [2.45, 2.75) is 85.2 Å². The van der Waals surface area contributed by atoms with E-state index in [4.69, 9.17) is 18.9 Å². The number of hydrogen-bond donors (Lipinski definition) is 0. The summed E-state index contributed by atoms with van der Waals surface area (Å²) in [6.45, 7) is 17.0. The summed E-state index contributed by atoms with van der Waals surface area (Å²) in [6, 6.07) is 9.93. The smallest absolute Gasteiger partial charge is 0.174 e. The lowest BCUT2D eigenvalue weighted by molar-refractivity contribution is 0.0841. The molecule has 0 aromatic heterocycles. The second kappa shape index (κ2) is 16.7. The minimum absolute atomic E-state index is 0.0276. The molecule has 0 bridgehead atoms. The number of allylic oxidation sites excluding steroid dienone is 2. The van der Waals surface area contributed by atoms with Crippen LogP contribution < -0.4 is 18.9 Å². The van der Waals surface area contributed by atoms with Gasteiger partial charge in [0.25, 0.3) is 0 Å². The topological polar surface area (TPSA) is 60.5 Å². The Kier molecular flexibility index (Phi) is 12.4. The molecule has 2 fully saturated rings. The Morgan fingerprint density at radius 1 is 0.870 bits per heavy atom. The van der Waals surface area contributed by atoms with Crippen LogP contribution in [0.5, 0.6) is 23.0 Å². The molecule has 0 aliphatic carbocycles. The quantitative estimate of drug-likeness (QED) is 0.155. The first-order valence-corrected chi connectivity index (χ1v) is 17.7. The molecule has 46 heavy (non-hydrogen) atoms. The molecule has 2 saturated heterocycles. The van der Waals surface area contributed by atoms with Gasteiger partial charge in [0, 0.05) is 24.7 Å². The minimum atomic E-state index is -0.387. The van der Waals surface area contributed by atoms with E-state index in [1.807, 2.05) is 30.3 Å². The van der Waals surface area contributed by atoms with Crippen LogP contribution in [-0.2, 0) is 6.42 Å². The second-order valence-corrected chi connectivity index (χ2v) is 14.0. The van der Waals surface area contributed by atoms with Gasteiger partial charge in [-0.25, -0.2) is 0 Å². The van der Waals surface area contributed by atoms with Crippen LogP contribution in [0.15, 0.2) is 42.0 Å². The van der Waals surface area contributed by atoms with Crippen LogP contribution in [0.2, 0.25) is 0 Å². The number of benzene rings is 2. The molecule has 7 nitrogen and oxygen atoms in total. The van der Waals surface area contributed by atoms with Gasteiger partial charge in [0.2, 0.25) is 0 Å². The molecule has 1 unspecified atom stereocenters. The molecule has 0 radical (unpaired) electrons. The van der Waals surface area contributed by atoms with Gasteiger partial charge in [0.1, 0.15) is 34.7 Å². The standard InChI is InChI=1S/C39H56N2O5/c1-28(2)8-13-33-36(45-25-7-19-41-22-16-30(4)17-23-41)27-37(43-5)38-34(42)26-35(46-39(33)38)31-9-11-32(12-10-31)44-24-6-18-40-20-14-29(3)15-21-40/h8-12,27,29-30,35H,6-7,13-26H2,1-5H3. The lowest BCUT2D eigenvalue weighted by Gasteiger charge is -2.30. The number of nitrogens with zero attached hydrogens (tertiary/aromatic N) is 2. The van der Waals surface area contributed by atoms with E-state index in [-0.39, 0.29) is 18.3 Å². The van der Waals surface area contributed by atoms with E-state index in [1.54, 1.807) is 7.11 Å². The predicted octanol–water partition coefficient (Wildman–Crippen LogP) is 7.91. The molecule has 0 amide bonds. The monoisotopic (exact) mass is 632 g/mol. The average Bonchev–Trinajstić information content (AvgIpc) is 3.05. The van der Waals surface area contributed by atoms with E-state index in [2.05, 4.69) is 43.6 Å². The van der Waals surface area contributed by atoms with E-state index in [0.29, 0.717) is 36.7 Å². The number of fused-ring (bicyclic) bond motifs is 1. The highest BCUT2D eigenvalue weighted by molar-refractivity contribution is 6.03. The number of carbonyl (C=O) groups is 1. The zero-order valence-corrected chi connectivity index (χ0v) is 28.9. The van der Waals surface area contributed by atoms with Crippen molar-refractivity contribution in [3.63, 3.8) is 0 Å². The maximum absolute atomic E-state index is 13.6. The van der Waals surface area contributed by atoms with E-state index >= 15 is 0 Å². The van der Waals surface area contributed by atoms with Gasteiger partial charge in [-0.2, -0.15) is 0 Å². The number of Topliss-reactive ketones (excluding diaryl/α,β-unsaturated/α-hetero) is 1. The maximum atomic E-state index is 13.6. The number of likely N-dealkylation sites (tertiary alicyclic amines) is 2. The Labute approximate surface area is 277 Å². The summed E-state index contributed by atoms with van der Waals surface area (Å²) in [4.78, 5) is 18.7. The largest absolute Gasteiger partial charge is 0.496 e. The fraction of sp³-hybridized carbons (Fsp3) is 0.615. The summed E-state index contributed by atoms with van der Waals surface area (Å²) in [6.07, 6.45) is 9.78. The van der Waals surface area contributed by atoms with Crippen molar-refractivity contribution in [3.05, 3.63) is 58.7 Å². The number of piperidine rings is 2. The number of hydrogen-bond acceptors (Lipinski definition) is 7. The van der Waals surface area contributed by atoms with Crippen LogP contribution >= 0.6 is 0 Å². The zero-order valence-electron chi connectivity index (χ0n) is 28.9. The van der Waals surface area contributed by atoms with E-state index in [0.717, 1.165) is 60.4 Å². The fourth-order valence-electron chi connectivity index (χ4n) is 6.78. The molecular formula is C39H56N2O5. The third kappa shape index (κ3) is 9.28. The predicted molar refractivity (Wildman–Crippen MR) is 185 cm³/mol. The van der Waals surface area contributed by atoms with Crippen LogP contribution in [0, 0.1) is 11.8 Å². The Morgan fingerprint density at radius 3 is 2.02 bits per heavy atom. The molecule has 3 aliphatic heterocycles. The van der Waals surface area contributed by atoms with Crippen LogP contribution in [0.1, 0.15) is 100 Å². The minimum Gasteiger partial charge on any atom is -0.496 e. The highest BCUT2D eigenvalue weighted by atomic mass is 16.5. The van der Waals surface area contributed by atoms with Gasteiger partial charge in [0.15, 0.2) is 5.78 Å². The number of ketones is 1. The molecule has 0 spiro atoms. The maximum Gasteiger partial charge on any atom is 0.174 e. The van der Waals surface area contributed by atoms with Gasteiger partial charge < -0.3 is 28.7 Å². The molecule has 252 valence electrons. The van der Waals surface area contributed by atoms with Crippen molar-refractivity contribution < 1.29 is 23.7 Å². The van der Waals surface area contributed by atoms with Gasteiger partial charge in [-0.05, 0) is 115 Å². The Hall–Kier alpha value is -3.03. The van der Waals surface area contributed by atoms with E-state index in [1.165, 1.54) is 57.4 Å². The highest BCUT2D eigenvalue weighted by Gasteiger charge is 2.34. The summed E-state index contributed by atoms with van der Waals surface area (Å²) in [5, 5.41) is 0. The van der Waals surface area contributed by atoms with E-state index in [9.17, 15) is 4.79 Å². The van der Waals surface area contributed by atoms with Crippen molar-refractivity contribution in [2.24, 2.45) is 11.8 Å². The third-order valence-corrected chi connectivity index (χ3v) is 9.92. The summed E-state index contributed by atoms with van der Waals surface area (Å²) in [5.41, 5.74) is 3.59. The van der Waals surface area contributed by atoms with Gasteiger partial charge in [-0.15, -0.1) is 0 Å². The highest BCUT2D eigenvalue weighted by Crippen LogP contribution is 2.46. The molecule has 5 rings (SSSR count). The van der Waals surface area contributed by atoms with Crippen LogP contribution in [-0.4, -0.2) is 75.2 Å². The first kappa shape index (κ1) is 34.3. The molecule has 1 atom stereocenters. The Bertz CT molecular complexity index is 1300. The molecule has 0 saturated carbocycles. The van der Waals surface area contributed by atoms with Crippen molar-refractivity contribution in [3.8, 4) is 23.0 Å².